The van der Waals surface area contributed by atoms with Gasteiger partial charge < -0.3 is 5.32 Å². The number of nitrogens with one attached hydrogen (secondary N) is 1. The van der Waals surface area contributed by atoms with Gasteiger partial charge in [0.25, 0.3) is 0 Å². The van der Waals surface area contributed by atoms with Crippen molar-refractivity contribution in [3.8, 4) is 0 Å². The number of hydrogen-bond donors (Lipinski definition) is 1. The summed E-state index contributed by atoms with van der Waals surface area (Å²) in [7, 11) is 0. The average molecular weight is 235 g/mol. The molecule has 0 aliphatic heterocycles. The maximum Gasteiger partial charge on any atom is 0.230 e. The number of nitrogens with zero attached hydrogens (tertiary/aromatic N) is 2. The van der Waals surface area contributed by atoms with Gasteiger partial charge in [-0.1, -0.05) is 34.1 Å². The molecule has 0 aliphatic rings. The monoisotopic (exact) mass is 235 g/mol. The lowest BCUT2D eigenvalue weighted by molar-refractivity contribution is -0.123. The summed E-state index contributed by atoms with van der Waals surface area (Å²) >= 11 is 0. The van der Waals surface area contributed by atoms with Crippen molar-refractivity contribution >= 4 is 11.7 Å². The molecular weight excluding hydrogens is 214 g/mol. The third-order valence-corrected chi connectivity index (χ3v) is 2.43. The van der Waals surface area contributed by atoms with E-state index in [-0.39, 0.29) is 5.91 Å². The van der Waals surface area contributed by atoms with Gasteiger partial charge in [0.15, 0.2) is 5.82 Å². The molecule has 1 rings (SSSR count). The Kier molecular flexibility index (Phi) is 4.21. The summed E-state index contributed by atoms with van der Waals surface area (Å²) in [4.78, 5) is 11.9. The Hall–Kier alpha value is -1.45. The Morgan fingerprint density at radius 1 is 1.35 bits per heavy atom. The fraction of sp³-hybridized carbons (Fsp3) is 0.615. The van der Waals surface area contributed by atoms with Crippen LogP contribution in [-0.2, 0) is 11.2 Å². The van der Waals surface area contributed by atoms with E-state index in [0.717, 1.165) is 24.1 Å². The Balaban J connectivity index is 2.94. The molecule has 1 heterocycles. The fourth-order valence-corrected chi connectivity index (χ4v) is 1.40. The molecule has 4 heteroatoms. The zero-order valence-electron chi connectivity index (χ0n) is 11.3. The lowest BCUT2D eigenvalue weighted by Gasteiger charge is -2.18. The molecule has 0 aromatic carbocycles. The summed E-state index contributed by atoms with van der Waals surface area (Å²) < 4.78 is 0. The molecule has 4 nitrogen and oxygen atoms in total. The third kappa shape index (κ3) is 3.80. The van der Waals surface area contributed by atoms with Crippen LogP contribution >= 0.6 is 0 Å². The van der Waals surface area contributed by atoms with Crippen LogP contribution in [0.25, 0.3) is 0 Å². The molecule has 0 unspecified atom stereocenters. The Labute approximate surface area is 103 Å². The molecule has 1 aromatic heterocycles. The summed E-state index contributed by atoms with van der Waals surface area (Å²) in [5.74, 6) is 0.561. The molecular formula is C13H21N3O. The minimum atomic E-state index is -0.421. The van der Waals surface area contributed by atoms with Crippen molar-refractivity contribution in [1.29, 1.82) is 0 Å². The molecule has 0 saturated heterocycles. The molecule has 0 saturated carbocycles. The van der Waals surface area contributed by atoms with Crippen LogP contribution in [0.15, 0.2) is 6.07 Å². The first kappa shape index (κ1) is 13.6. The van der Waals surface area contributed by atoms with E-state index in [4.69, 9.17) is 0 Å². The predicted octanol–water partition coefficient (Wildman–Crippen LogP) is 2.72. The van der Waals surface area contributed by atoms with Gasteiger partial charge in [0.05, 0.1) is 5.69 Å². The number of hydrogen-bond acceptors (Lipinski definition) is 3. The SMILES string of the molecule is CCCc1cc(C)nnc1NC(=O)C(C)(C)C. The van der Waals surface area contributed by atoms with Crippen LogP contribution in [-0.4, -0.2) is 16.1 Å². The van der Waals surface area contributed by atoms with Crippen LogP contribution in [0.1, 0.15) is 45.4 Å². The topological polar surface area (TPSA) is 54.9 Å². The number of rotatable bonds is 3. The van der Waals surface area contributed by atoms with Crippen LogP contribution in [0.2, 0.25) is 0 Å². The van der Waals surface area contributed by atoms with Crippen molar-refractivity contribution in [3.05, 3.63) is 17.3 Å². The van der Waals surface area contributed by atoms with Gasteiger partial charge >= 0.3 is 0 Å². The van der Waals surface area contributed by atoms with Crippen molar-refractivity contribution in [2.45, 2.75) is 47.5 Å². The van der Waals surface area contributed by atoms with E-state index >= 15 is 0 Å². The number of carbonyl (C=O) groups is 1. The Bertz CT molecular complexity index is 408. The van der Waals surface area contributed by atoms with Crippen LogP contribution in [0, 0.1) is 12.3 Å². The molecule has 0 bridgehead atoms. The van der Waals surface area contributed by atoms with Crippen LogP contribution in [0.3, 0.4) is 0 Å². The third-order valence-electron chi connectivity index (χ3n) is 2.43. The maximum absolute atomic E-state index is 11.9. The minimum Gasteiger partial charge on any atom is -0.309 e. The van der Waals surface area contributed by atoms with E-state index < -0.39 is 5.41 Å². The van der Waals surface area contributed by atoms with Gasteiger partial charge in [-0.15, -0.1) is 5.10 Å². The second kappa shape index (κ2) is 5.25. The Morgan fingerprint density at radius 3 is 2.53 bits per heavy atom. The fourth-order valence-electron chi connectivity index (χ4n) is 1.40. The van der Waals surface area contributed by atoms with Gasteiger partial charge in [-0.2, -0.15) is 5.10 Å². The smallest absolute Gasteiger partial charge is 0.230 e. The van der Waals surface area contributed by atoms with Crippen molar-refractivity contribution in [2.75, 3.05) is 5.32 Å². The molecule has 0 aliphatic carbocycles. The van der Waals surface area contributed by atoms with Crippen molar-refractivity contribution in [2.24, 2.45) is 5.41 Å². The molecule has 94 valence electrons. The number of anilines is 1. The summed E-state index contributed by atoms with van der Waals surface area (Å²) in [6.45, 7) is 9.64. The quantitative estimate of drug-likeness (QED) is 0.876. The molecule has 0 atom stereocenters. The van der Waals surface area contributed by atoms with Crippen LogP contribution in [0.4, 0.5) is 5.82 Å². The lowest BCUT2D eigenvalue weighted by atomic mass is 9.95. The summed E-state index contributed by atoms with van der Waals surface area (Å²) in [6.07, 6.45) is 1.92. The van der Waals surface area contributed by atoms with Gasteiger partial charge in [-0.25, -0.2) is 0 Å². The second-order valence-corrected chi connectivity index (χ2v) is 5.31. The highest BCUT2D eigenvalue weighted by molar-refractivity contribution is 5.94. The van der Waals surface area contributed by atoms with E-state index in [2.05, 4.69) is 22.4 Å². The molecule has 0 radical (unpaired) electrons. The van der Waals surface area contributed by atoms with E-state index in [1.54, 1.807) is 0 Å². The average Bonchev–Trinajstić information content (AvgIpc) is 2.21. The van der Waals surface area contributed by atoms with Crippen LogP contribution in [0.5, 0.6) is 0 Å². The van der Waals surface area contributed by atoms with Crippen molar-refractivity contribution < 1.29 is 4.79 Å². The van der Waals surface area contributed by atoms with E-state index in [9.17, 15) is 4.79 Å². The summed E-state index contributed by atoms with van der Waals surface area (Å²) in [5, 5.41) is 10.9. The Morgan fingerprint density at radius 2 is 2.00 bits per heavy atom. The van der Waals surface area contributed by atoms with Gasteiger partial charge in [0.1, 0.15) is 0 Å². The van der Waals surface area contributed by atoms with E-state index in [1.165, 1.54) is 0 Å². The number of amides is 1. The number of aryl methyl sites for hydroxylation is 2. The zero-order valence-corrected chi connectivity index (χ0v) is 11.3. The zero-order chi connectivity index (χ0) is 13.1. The van der Waals surface area contributed by atoms with E-state index in [0.29, 0.717) is 5.82 Å². The first-order valence-corrected chi connectivity index (χ1v) is 5.99. The van der Waals surface area contributed by atoms with Gasteiger partial charge in [0, 0.05) is 5.41 Å². The van der Waals surface area contributed by atoms with Crippen molar-refractivity contribution in [3.63, 3.8) is 0 Å². The molecule has 17 heavy (non-hydrogen) atoms. The standard InChI is InChI=1S/C13H21N3O/c1-6-7-10-8-9(2)15-16-11(10)14-12(17)13(3,4)5/h8H,6-7H2,1-5H3,(H,14,16,17). The van der Waals surface area contributed by atoms with Crippen molar-refractivity contribution in [1.82, 2.24) is 10.2 Å². The molecule has 0 spiro atoms. The largest absolute Gasteiger partial charge is 0.309 e. The molecule has 1 aromatic rings. The first-order chi connectivity index (χ1) is 7.84. The maximum atomic E-state index is 11.9. The highest BCUT2D eigenvalue weighted by Gasteiger charge is 2.22. The minimum absolute atomic E-state index is 0.0343. The second-order valence-electron chi connectivity index (χ2n) is 5.31. The summed E-state index contributed by atoms with van der Waals surface area (Å²) in [6, 6.07) is 1.98. The first-order valence-electron chi connectivity index (χ1n) is 5.99. The normalized spacial score (nSPS) is 11.4. The van der Waals surface area contributed by atoms with Gasteiger partial charge in [-0.3, -0.25) is 4.79 Å². The van der Waals surface area contributed by atoms with Gasteiger partial charge in [-0.05, 0) is 25.0 Å². The van der Waals surface area contributed by atoms with E-state index in [1.807, 2.05) is 33.8 Å². The van der Waals surface area contributed by atoms with Gasteiger partial charge in [0.2, 0.25) is 5.91 Å². The molecule has 1 amide bonds. The highest BCUT2D eigenvalue weighted by Crippen LogP contribution is 2.19. The summed E-state index contributed by atoms with van der Waals surface area (Å²) in [5.41, 5.74) is 1.51. The number of aromatic nitrogens is 2. The van der Waals surface area contributed by atoms with Crippen LogP contribution < -0.4 is 5.32 Å². The number of carbonyl (C=O) groups excluding carboxylic acids is 1. The lowest BCUT2D eigenvalue weighted by Crippen LogP contribution is -2.28. The highest BCUT2D eigenvalue weighted by atomic mass is 16.2. The molecule has 1 N–H and O–H groups in total. The molecule has 0 fully saturated rings. The predicted molar refractivity (Wildman–Crippen MR) is 68.8 cm³/mol.